The lowest BCUT2D eigenvalue weighted by Crippen LogP contribution is -2.12. The number of anilines is 1. The van der Waals surface area contributed by atoms with E-state index in [0.717, 1.165) is 0 Å². The fourth-order valence-electron chi connectivity index (χ4n) is 1.91. The van der Waals surface area contributed by atoms with Crippen molar-refractivity contribution in [3.8, 4) is 11.3 Å². The highest BCUT2D eigenvalue weighted by atomic mass is 16.4. The molecule has 0 fully saturated rings. The number of pyridine rings is 1. The van der Waals surface area contributed by atoms with Gasteiger partial charge >= 0.3 is 5.97 Å². The Balaban J connectivity index is 0.00000134. The molecule has 25 heavy (non-hydrogen) atoms. The van der Waals surface area contributed by atoms with E-state index in [2.05, 4.69) is 4.98 Å². The summed E-state index contributed by atoms with van der Waals surface area (Å²) in [5, 5.41) is 9.06. The number of carboxylic acid groups (broad SMARTS) is 1. The lowest BCUT2D eigenvalue weighted by atomic mass is 10.0. The Labute approximate surface area is 150 Å². The van der Waals surface area contributed by atoms with E-state index < -0.39 is 5.97 Å². The van der Waals surface area contributed by atoms with Crippen molar-refractivity contribution in [1.29, 1.82) is 0 Å². The number of hydrogen-bond donors (Lipinski definition) is 1. The maximum absolute atomic E-state index is 11.6. The molecule has 5 nitrogen and oxygen atoms in total. The normalized spacial score (nSPS) is 9.08. The van der Waals surface area contributed by atoms with E-state index in [1.807, 2.05) is 41.8 Å². The Hall–Kier alpha value is -2.69. The molecule has 1 aromatic carbocycles. The van der Waals surface area contributed by atoms with Crippen LogP contribution in [0.15, 0.2) is 36.4 Å². The van der Waals surface area contributed by atoms with E-state index in [-0.39, 0.29) is 11.3 Å². The summed E-state index contributed by atoms with van der Waals surface area (Å²) < 4.78 is 0. The quantitative estimate of drug-likeness (QED) is 0.809. The number of nitrogens with zero attached hydrogens (tertiary/aromatic N) is 2. The maximum atomic E-state index is 11.6. The lowest BCUT2D eigenvalue weighted by molar-refractivity contribution is 0.0696. The van der Waals surface area contributed by atoms with Crippen molar-refractivity contribution in [3.63, 3.8) is 0 Å². The van der Waals surface area contributed by atoms with E-state index in [1.54, 1.807) is 35.2 Å². The zero-order valence-corrected chi connectivity index (χ0v) is 16.1. The molecular formula is C20H28N2O3. The maximum Gasteiger partial charge on any atom is 0.335 e. The third kappa shape index (κ3) is 6.37. The highest BCUT2D eigenvalue weighted by Crippen LogP contribution is 2.23. The summed E-state index contributed by atoms with van der Waals surface area (Å²) in [6, 6.07) is 9.90. The second-order valence-corrected chi connectivity index (χ2v) is 4.94. The van der Waals surface area contributed by atoms with Crippen LogP contribution in [-0.4, -0.2) is 35.9 Å². The van der Waals surface area contributed by atoms with Crippen molar-refractivity contribution < 1.29 is 14.7 Å². The van der Waals surface area contributed by atoms with Gasteiger partial charge in [0, 0.05) is 25.2 Å². The Morgan fingerprint density at radius 3 is 2.04 bits per heavy atom. The van der Waals surface area contributed by atoms with Crippen LogP contribution in [0.5, 0.6) is 0 Å². The van der Waals surface area contributed by atoms with Gasteiger partial charge in [0.1, 0.15) is 5.82 Å². The van der Waals surface area contributed by atoms with Crippen LogP contribution in [0.2, 0.25) is 0 Å². The molecule has 0 radical (unpaired) electrons. The zero-order chi connectivity index (χ0) is 19.6. The van der Waals surface area contributed by atoms with Gasteiger partial charge in [-0.05, 0) is 31.2 Å². The molecule has 2 aromatic rings. The fourth-order valence-corrected chi connectivity index (χ4v) is 1.91. The molecule has 136 valence electrons. The molecule has 0 saturated carbocycles. The van der Waals surface area contributed by atoms with Crippen LogP contribution in [0, 0.1) is 0 Å². The molecular weight excluding hydrogens is 316 g/mol. The summed E-state index contributed by atoms with van der Waals surface area (Å²) in [5.74, 6) is -0.401. The lowest BCUT2D eigenvalue weighted by Gasteiger charge is -2.14. The Morgan fingerprint density at radius 2 is 1.56 bits per heavy atom. The number of hydrogen-bond acceptors (Lipinski definition) is 4. The Bertz CT molecular complexity index is 710. The van der Waals surface area contributed by atoms with Crippen LogP contribution in [0.1, 0.15) is 55.3 Å². The minimum absolute atomic E-state index is 0.0591. The fraction of sp³-hybridized carbons (Fsp3) is 0.350. The number of aromatic nitrogens is 1. The number of Topliss-reactive ketones (excluding diaryl/α,β-unsaturated/α-hetero) is 1. The second kappa shape index (κ2) is 11.0. The SMILES string of the molecule is CC.CC.CC(=O)c1cc(-c2cccc(C(=O)O)c2)nc(N(C)C)c1. The van der Waals surface area contributed by atoms with Gasteiger partial charge < -0.3 is 10.0 Å². The standard InChI is InChI=1S/C16H16N2O3.2C2H6/c1-10(19)13-8-14(17-15(9-13)18(2)3)11-5-4-6-12(7-11)16(20)21;2*1-2/h4-9H,1-3H3,(H,20,21);2*1-2H3. The molecule has 0 aliphatic rings. The highest BCUT2D eigenvalue weighted by Gasteiger charge is 2.11. The molecule has 0 amide bonds. The molecule has 5 heteroatoms. The largest absolute Gasteiger partial charge is 0.478 e. The first-order valence-corrected chi connectivity index (χ1v) is 8.42. The molecule has 0 atom stereocenters. The van der Waals surface area contributed by atoms with Crippen molar-refractivity contribution in [2.75, 3.05) is 19.0 Å². The van der Waals surface area contributed by atoms with Crippen molar-refractivity contribution >= 4 is 17.6 Å². The van der Waals surface area contributed by atoms with E-state index >= 15 is 0 Å². The third-order valence-corrected chi connectivity index (χ3v) is 3.08. The number of rotatable bonds is 4. The summed E-state index contributed by atoms with van der Waals surface area (Å²) in [6.07, 6.45) is 0. The van der Waals surface area contributed by atoms with E-state index in [4.69, 9.17) is 5.11 Å². The van der Waals surface area contributed by atoms with Gasteiger partial charge in [-0.1, -0.05) is 39.8 Å². The first-order chi connectivity index (χ1) is 11.9. The molecule has 1 N–H and O–H groups in total. The predicted molar refractivity (Wildman–Crippen MR) is 104 cm³/mol. The van der Waals surface area contributed by atoms with E-state index in [0.29, 0.717) is 22.6 Å². The number of carbonyl (C=O) groups excluding carboxylic acids is 1. The van der Waals surface area contributed by atoms with Gasteiger partial charge in [-0.25, -0.2) is 9.78 Å². The molecule has 0 unspecified atom stereocenters. The smallest absolute Gasteiger partial charge is 0.335 e. The number of carbonyl (C=O) groups is 2. The average Bonchev–Trinajstić information content (AvgIpc) is 2.64. The van der Waals surface area contributed by atoms with E-state index in [9.17, 15) is 9.59 Å². The molecule has 2 rings (SSSR count). The summed E-state index contributed by atoms with van der Waals surface area (Å²) >= 11 is 0. The van der Waals surface area contributed by atoms with Crippen LogP contribution in [0.4, 0.5) is 5.82 Å². The van der Waals surface area contributed by atoms with Gasteiger partial charge in [0.15, 0.2) is 5.78 Å². The number of benzene rings is 1. The molecule has 0 saturated heterocycles. The summed E-state index contributed by atoms with van der Waals surface area (Å²) in [4.78, 5) is 29.0. The number of carboxylic acids is 1. The van der Waals surface area contributed by atoms with Crippen LogP contribution >= 0.6 is 0 Å². The molecule has 1 heterocycles. The van der Waals surface area contributed by atoms with Gasteiger partial charge in [0.2, 0.25) is 0 Å². The molecule has 0 aliphatic carbocycles. The topological polar surface area (TPSA) is 70.5 Å². The van der Waals surface area contributed by atoms with Gasteiger partial charge in [0.05, 0.1) is 11.3 Å². The van der Waals surface area contributed by atoms with Crippen LogP contribution in [-0.2, 0) is 0 Å². The molecule has 0 bridgehead atoms. The molecule has 0 spiro atoms. The average molecular weight is 344 g/mol. The number of ketones is 1. The predicted octanol–water partition coefficient (Wildman–Crippen LogP) is 4.77. The first-order valence-electron chi connectivity index (χ1n) is 8.42. The van der Waals surface area contributed by atoms with Crippen molar-refractivity contribution in [1.82, 2.24) is 4.98 Å². The Morgan fingerprint density at radius 1 is 0.960 bits per heavy atom. The minimum Gasteiger partial charge on any atom is -0.478 e. The Kier molecular flexibility index (Phi) is 9.79. The highest BCUT2D eigenvalue weighted by molar-refractivity contribution is 5.96. The number of aromatic carboxylic acids is 1. The van der Waals surface area contributed by atoms with Crippen molar-refractivity contribution in [2.45, 2.75) is 34.6 Å². The van der Waals surface area contributed by atoms with Crippen LogP contribution < -0.4 is 4.90 Å². The monoisotopic (exact) mass is 344 g/mol. The van der Waals surface area contributed by atoms with Crippen LogP contribution in [0.25, 0.3) is 11.3 Å². The zero-order valence-electron chi connectivity index (χ0n) is 16.1. The van der Waals surface area contributed by atoms with E-state index in [1.165, 1.54) is 13.0 Å². The van der Waals surface area contributed by atoms with Gasteiger partial charge in [-0.3, -0.25) is 4.79 Å². The molecule has 0 aliphatic heterocycles. The van der Waals surface area contributed by atoms with Crippen molar-refractivity contribution in [2.24, 2.45) is 0 Å². The second-order valence-electron chi connectivity index (χ2n) is 4.94. The third-order valence-electron chi connectivity index (χ3n) is 3.08. The summed E-state index contributed by atoms with van der Waals surface area (Å²) in [7, 11) is 3.67. The van der Waals surface area contributed by atoms with Crippen LogP contribution in [0.3, 0.4) is 0 Å². The van der Waals surface area contributed by atoms with Gasteiger partial charge in [0.25, 0.3) is 0 Å². The first kappa shape index (κ1) is 22.3. The summed E-state index contributed by atoms with van der Waals surface area (Å²) in [6.45, 7) is 9.49. The minimum atomic E-state index is -0.993. The summed E-state index contributed by atoms with van der Waals surface area (Å²) in [5.41, 5.74) is 1.98. The molecule has 1 aromatic heterocycles. The van der Waals surface area contributed by atoms with Crippen molar-refractivity contribution in [3.05, 3.63) is 47.5 Å². The van der Waals surface area contributed by atoms with Gasteiger partial charge in [-0.15, -0.1) is 0 Å². The van der Waals surface area contributed by atoms with Gasteiger partial charge in [-0.2, -0.15) is 0 Å².